The summed E-state index contributed by atoms with van der Waals surface area (Å²) in [5.41, 5.74) is 0. The van der Waals surface area contributed by atoms with Gasteiger partial charge in [-0.15, -0.1) is 0 Å². The molecule has 1 aliphatic heterocycles. The summed E-state index contributed by atoms with van der Waals surface area (Å²) in [5, 5.41) is 2.42. The highest BCUT2D eigenvalue weighted by atomic mass is 16.5. The molecule has 0 saturated carbocycles. The lowest BCUT2D eigenvalue weighted by Crippen LogP contribution is -2.53. The Bertz CT molecular complexity index is 290. The van der Waals surface area contributed by atoms with Gasteiger partial charge in [0.15, 0.2) is 0 Å². The van der Waals surface area contributed by atoms with Crippen LogP contribution >= 0.6 is 0 Å². The third-order valence-electron chi connectivity index (χ3n) is 2.22. The zero-order chi connectivity index (χ0) is 11.4. The Balaban J connectivity index is 2.53. The number of carbonyl (C=O) groups excluding carboxylic acids is 3. The molecule has 1 rings (SSSR count). The average Bonchev–Trinajstić information content (AvgIpc) is 2.20. The van der Waals surface area contributed by atoms with E-state index in [1.54, 1.807) is 6.92 Å². The molecule has 0 aromatic carbocycles. The summed E-state index contributed by atoms with van der Waals surface area (Å²) in [7, 11) is 1.41. The minimum Gasteiger partial charge on any atom is -0.450 e. The molecule has 1 fully saturated rings. The number of hydrogen-bond acceptors (Lipinski definition) is 4. The van der Waals surface area contributed by atoms with Crippen molar-refractivity contribution in [1.29, 1.82) is 0 Å². The molecule has 1 aliphatic rings. The van der Waals surface area contributed by atoms with Crippen LogP contribution in [0.5, 0.6) is 0 Å². The second kappa shape index (κ2) is 4.77. The normalized spacial score (nSPS) is 21.5. The van der Waals surface area contributed by atoms with E-state index in [0.29, 0.717) is 6.42 Å². The Morgan fingerprint density at radius 2 is 2.27 bits per heavy atom. The second-order valence-corrected chi connectivity index (χ2v) is 3.25. The lowest BCUT2D eigenvalue weighted by atomic mass is 10.1. The number of carbonyl (C=O) groups is 3. The molecule has 0 aromatic heterocycles. The highest BCUT2D eigenvalue weighted by Gasteiger charge is 2.32. The van der Waals surface area contributed by atoms with Crippen LogP contribution in [-0.4, -0.2) is 42.5 Å². The van der Waals surface area contributed by atoms with E-state index in [0.717, 1.165) is 4.90 Å². The molecule has 6 heteroatoms. The van der Waals surface area contributed by atoms with Crippen molar-refractivity contribution in [2.45, 2.75) is 25.8 Å². The molecule has 1 unspecified atom stereocenters. The standard InChI is InChI=1S/C9H14N2O4/c1-3-15-9(14)10-6-4-5-7(12)11(2)8(6)13/h6H,3-5H2,1-2H3,(H,10,14). The first-order valence-electron chi connectivity index (χ1n) is 4.80. The zero-order valence-electron chi connectivity index (χ0n) is 8.78. The topological polar surface area (TPSA) is 75.7 Å². The van der Waals surface area contributed by atoms with Crippen molar-refractivity contribution in [3.63, 3.8) is 0 Å². The summed E-state index contributed by atoms with van der Waals surface area (Å²) in [6.45, 7) is 1.93. The summed E-state index contributed by atoms with van der Waals surface area (Å²) in [5.74, 6) is -0.610. The monoisotopic (exact) mass is 214 g/mol. The highest BCUT2D eigenvalue weighted by Crippen LogP contribution is 2.11. The predicted molar refractivity (Wildman–Crippen MR) is 51.0 cm³/mol. The number of rotatable bonds is 2. The molecule has 0 bridgehead atoms. The van der Waals surface area contributed by atoms with E-state index in [4.69, 9.17) is 0 Å². The maximum Gasteiger partial charge on any atom is 0.407 e. The molecule has 84 valence electrons. The molecule has 3 amide bonds. The maximum atomic E-state index is 11.5. The molecule has 1 heterocycles. The largest absolute Gasteiger partial charge is 0.450 e. The number of alkyl carbamates (subject to hydrolysis) is 1. The van der Waals surface area contributed by atoms with Crippen LogP contribution in [0.1, 0.15) is 19.8 Å². The third-order valence-corrected chi connectivity index (χ3v) is 2.22. The fourth-order valence-corrected chi connectivity index (χ4v) is 1.36. The summed E-state index contributed by atoms with van der Waals surface area (Å²) in [6, 6.07) is -0.647. The van der Waals surface area contributed by atoms with Gasteiger partial charge in [-0.3, -0.25) is 14.5 Å². The smallest absolute Gasteiger partial charge is 0.407 e. The van der Waals surface area contributed by atoms with Crippen molar-refractivity contribution >= 4 is 17.9 Å². The van der Waals surface area contributed by atoms with Crippen molar-refractivity contribution in [1.82, 2.24) is 10.2 Å². The summed E-state index contributed by atoms with van der Waals surface area (Å²) < 4.78 is 4.65. The van der Waals surface area contributed by atoms with Crippen molar-refractivity contribution < 1.29 is 19.1 Å². The quantitative estimate of drug-likeness (QED) is 0.650. The Morgan fingerprint density at radius 1 is 1.60 bits per heavy atom. The van der Waals surface area contributed by atoms with E-state index in [1.807, 2.05) is 0 Å². The summed E-state index contributed by atoms with van der Waals surface area (Å²) >= 11 is 0. The van der Waals surface area contributed by atoms with Gasteiger partial charge in [0.2, 0.25) is 5.91 Å². The molecule has 1 N–H and O–H groups in total. The van der Waals surface area contributed by atoms with E-state index in [1.165, 1.54) is 7.05 Å². The molecule has 0 aliphatic carbocycles. The van der Waals surface area contributed by atoms with Crippen LogP contribution in [-0.2, 0) is 14.3 Å². The Hall–Kier alpha value is -1.59. The van der Waals surface area contributed by atoms with Gasteiger partial charge in [0, 0.05) is 13.5 Å². The van der Waals surface area contributed by atoms with E-state index < -0.39 is 12.1 Å². The number of nitrogens with zero attached hydrogens (tertiary/aromatic N) is 1. The van der Waals surface area contributed by atoms with Crippen LogP contribution in [0.25, 0.3) is 0 Å². The molecule has 6 nitrogen and oxygen atoms in total. The van der Waals surface area contributed by atoms with Gasteiger partial charge < -0.3 is 10.1 Å². The molecule has 0 spiro atoms. The predicted octanol–water partition coefficient (Wildman–Crippen LogP) is -0.120. The van der Waals surface area contributed by atoms with Crippen molar-refractivity contribution in [3.05, 3.63) is 0 Å². The first-order valence-corrected chi connectivity index (χ1v) is 4.80. The lowest BCUT2D eigenvalue weighted by molar-refractivity contribution is -0.147. The summed E-state index contributed by atoms with van der Waals surface area (Å²) in [4.78, 5) is 34.7. The van der Waals surface area contributed by atoms with Crippen LogP contribution in [0.3, 0.4) is 0 Å². The molecule has 0 radical (unpaired) electrons. The van der Waals surface area contributed by atoms with Crippen LogP contribution < -0.4 is 5.32 Å². The average molecular weight is 214 g/mol. The SMILES string of the molecule is CCOC(=O)NC1CCC(=O)N(C)C1=O. The molecule has 15 heavy (non-hydrogen) atoms. The first kappa shape index (κ1) is 11.5. The third kappa shape index (κ3) is 2.68. The second-order valence-electron chi connectivity index (χ2n) is 3.25. The van der Waals surface area contributed by atoms with Crippen LogP contribution in [0.4, 0.5) is 4.79 Å². The number of likely N-dealkylation sites (tertiary alicyclic amines) is 1. The highest BCUT2D eigenvalue weighted by molar-refractivity contribution is 6.01. The summed E-state index contributed by atoms with van der Waals surface area (Å²) in [6.07, 6.45) is -0.0289. The van der Waals surface area contributed by atoms with Crippen molar-refractivity contribution in [3.8, 4) is 0 Å². The lowest BCUT2D eigenvalue weighted by Gasteiger charge is -2.27. The minimum atomic E-state index is -0.647. The van der Waals surface area contributed by atoms with Crippen LogP contribution in [0, 0.1) is 0 Å². The van der Waals surface area contributed by atoms with Gasteiger partial charge in [-0.1, -0.05) is 0 Å². The van der Waals surface area contributed by atoms with Gasteiger partial charge in [-0.05, 0) is 13.3 Å². The van der Waals surface area contributed by atoms with Crippen molar-refractivity contribution in [2.75, 3.05) is 13.7 Å². The molecule has 1 atom stereocenters. The van der Waals surface area contributed by atoms with Gasteiger partial charge in [-0.25, -0.2) is 4.79 Å². The van der Waals surface area contributed by atoms with Gasteiger partial charge >= 0.3 is 6.09 Å². The van der Waals surface area contributed by atoms with Gasteiger partial charge in [0.1, 0.15) is 6.04 Å². The van der Waals surface area contributed by atoms with E-state index in [9.17, 15) is 14.4 Å². The molecule has 1 saturated heterocycles. The van der Waals surface area contributed by atoms with E-state index in [-0.39, 0.29) is 24.8 Å². The number of piperidine rings is 1. The number of ether oxygens (including phenoxy) is 1. The minimum absolute atomic E-state index is 0.220. The van der Waals surface area contributed by atoms with Gasteiger partial charge in [-0.2, -0.15) is 0 Å². The first-order chi connectivity index (χ1) is 7.06. The van der Waals surface area contributed by atoms with Crippen LogP contribution in [0.2, 0.25) is 0 Å². The number of amides is 3. The van der Waals surface area contributed by atoms with Crippen molar-refractivity contribution in [2.24, 2.45) is 0 Å². The zero-order valence-corrected chi connectivity index (χ0v) is 8.78. The number of imide groups is 1. The molecule has 0 aromatic rings. The Labute approximate surface area is 87.6 Å². The van der Waals surface area contributed by atoms with Crippen LogP contribution in [0.15, 0.2) is 0 Å². The fraction of sp³-hybridized carbons (Fsp3) is 0.667. The number of likely N-dealkylation sites (N-methyl/N-ethyl adjacent to an activating group) is 1. The number of hydrogen-bond donors (Lipinski definition) is 1. The van der Waals surface area contributed by atoms with Gasteiger partial charge in [0.05, 0.1) is 6.61 Å². The number of nitrogens with one attached hydrogen (secondary N) is 1. The van der Waals surface area contributed by atoms with Gasteiger partial charge in [0.25, 0.3) is 5.91 Å². The van der Waals surface area contributed by atoms with E-state index in [2.05, 4.69) is 10.1 Å². The molecular formula is C9H14N2O4. The Kier molecular flexibility index (Phi) is 3.65. The fourth-order valence-electron chi connectivity index (χ4n) is 1.36. The van der Waals surface area contributed by atoms with E-state index >= 15 is 0 Å². The Morgan fingerprint density at radius 3 is 2.87 bits per heavy atom. The molecular weight excluding hydrogens is 200 g/mol. The maximum absolute atomic E-state index is 11.5.